The zero-order chi connectivity index (χ0) is 16.1. The van der Waals surface area contributed by atoms with Crippen LogP contribution >= 0.6 is 0 Å². The van der Waals surface area contributed by atoms with Gasteiger partial charge in [0, 0.05) is 0 Å². The van der Waals surface area contributed by atoms with Gasteiger partial charge in [-0.25, -0.2) is 13.2 Å². The van der Waals surface area contributed by atoms with Gasteiger partial charge in [0.1, 0.15) is 12.2 Å². The predicted octanol–water partition coefficient (Wildman–Crippen LogP) is 2.13. The third-order valence-corrected chi connectivity index (χ3v) is 4.21. The first-order valence-corrected chi connectivity index (χ1v) is 8.34. The molecule has 0 aliphatic carbocycles. The lowest BCUT2D eigenvalue weighted by Gasteiger charge is -2.19. The summed E-state index contributed by atoms with van der Waals surface area (Å²) in [7, 11) is -3.39. The van der Waals surface area contributed by atoms with Crippen LogP contribution in [0.25, 0.3) is 0 Å². The normalized spacial score (nSPS) is 12.2. The van der Waals surface area contributed by atoms with E-state index in [4.69, 9.17) is 9.47 Å². The zero-order valence-corrected chi connectivity index (χ0v) is 13.7. The molecular weight excluding hydrogens is 292 g/mol. The Morgan fingerprint density at radius 3 is 2.24 bits per heavy atom. The molecule has 0 heterocycles. The van der Waals surface area contributed by atoms with Gasteiger partial charge in [-0.15, -0.1) is 0 Å². The lowest BCUT2D eigenvalue weighted by molar-refractivity contribution is -0.160. The van der Waals surface area contributed by atoms with Crippen LogP contribution in [0.5, 0.6) is 0 Å². The maximum Gasteiger partial charge on any atom is 0.332 e. The average Bonchev–Trinajstić information content (AvgIpc) is 2.33. The van der Waals surface area contributed by atoms with Crippen molar-refractivity contribution in [1.82, 2.24) is 0 Å². The lowest BCUT2D eigenvalue weighted by atomic mass is 10.2. The minimum Gasteiger partial charge on any atom is -0.458 e. The van der Waals surface area contributed by atoms with Crippen molar-refractivity contribution in [2.24, 2.45) is 0 Å². The van der Waals surface area contributed by atoms with E-state index in [0.717, 1.165) is 5.56 Å². The molecule has 0 saturated heterocycles. The van der Waals surface area contributed by atoms with Crippen LogP contribution in [0.2, 0.25) is 0 Å². The molecule has 0 bridgehead atoms. The summed E-state index contributed by atoms with van der Waals surface area (Å²) >= 11 is 0. The molecule has 0 aliphatic rings. The van der Waals surface area contributed by atoms with E-state index in [0.29, 0.717) is 0 Å². The third-order valence-electron chi connectivity index (χ3n) is 2.52. The Morgan fingerprint density at radius 2 is 1.71 bits per heavy atom. The number of aryl methyl sites for hydroxylation is 1. The van der Waals surface area contributed by atoms with Crippen molar-refractivity contribution in [3.63, 3.8) is 0 Å². The SMILES string of the molecule is Cc1ccc(S(=O)(=O)CCOCC(=O)OC(C)(C)C)cc1. The van der Waals surface area contributed by atoms with E-state index in [1.807, 2.05) is 6.92 Å². The number of benzene rings is 1. The van der Waals surface area contributed by atoms with Gasteiger partial charge in [0.25, 0.3) is 0 Å². The average molecular weight is 314 g/mol. The molecule has 6 heteroatoms. The molecule has 118 valence electrons. The summed E-state index contributed by atoms with van der Waals surface area (Å²) in [6.07, 6.45) is 0. The number of ether oxygens (including phenoxy) is 2. The second-order valence-corrected chi connectivity index (χ2v) is 7.88. The molecule has 0 unspecified atom stereocenters. The first kappa shape index (κ1) is 17.7. The maximum atomic E-state index is 12.0. The Balaban J connectivity index is 2.41. The van der Waals surface area contributed by atoms with Gasteiger partial charge in [-0.05, 0) is 39.8 Å². The monoisotopic (exact) mass is 314 g/mol. The number of hydrogen-bond acceptors (Lipinski definition) is 5. The summed E-state index contributed by atoms with van der Waals surface area (Å²) in [6.45, 7) is 6.86. The smallest absolute Gasteiger partial charge is 0.332 e. The van der Waals surface area contributed by atoms with Crippen LogP contribution in [0.3, 0.4) is 0 Å². The molecule has 21 heavy (non-hydrogen) atoms. The summed E-state index contributed by atoms with van der Waals surface area (Å²) in [5.41, 5.74) is 0.421. The zero-order valence-electron chi connectivity index (χ0n) is 12.9. The maximum absolute atomic E-state index is 12.0. The lowest BCUT2D eigenvalue weighted by Crippen LogP contribution is -2.27. The van der Waals surface area contributed by atoms with Gasteiger partial charge < -0.3 is 9.47 Å². The quantitative estimate of drug-likeness (QED) is 0.594. The molecule has 1 aromatic carbocycles. The highest BCUT2D eigenvalue weighted by Crippen LogP contribution is 2.12. The molecule has 1 aromatic rings. The molecule has 1 rings (SSSR count). The van der Waals surface area contributed by atoms with Gasteiger partial charge in [0.15, 0.2) is 9.84 Å². The fourth-order valence-corrected chi connectivity index (χ4v) is 2.68. The number of sulfone groups is 1. The van der Waals surface area contributed by atoms with E-state index in [1.165, 1.54) is 0 Å². The van der Waals surface area contributed by atoms with Crippen molar-refractivity contribution >= 4 is 15.8 Å². The Labute approximate surface area is 126 Å². The highest BCUT2D eigenvalue weighted by molar-refractivity contribution is 7.91. The topological polar surface area (TPSA) is 69.7 Å². The van der Waals surface area contributed by atoms with Crippen molar-refractivity contribution in [3.05, 3.63) is 29.8 Å². The third kappa shape index (κ3) is 6.73. The van der Waals surface area contributed by atoms with E-state index in [1.54, 1.807) is 45.0 Å². The summed E-state index contributed by atoms with van der Waals surface area (Å²) < 4.78 is 34.2. The standard InChI is InChI=1S/C15H22O5S/c1-12-5-7-13(8-6-12)21(17,18)10-9-19-11-14(16)20-15(2,3)4/h5-8H,9-11H2,1-4H3. The number of carbonyl (C=O) groups excluding carboxylic acids is 1. The summed E-state index contributed by atoms with van der Waals surface area (Å²) in [4.78, 5) is 11.7. The molecule has 0 aliphatic heterocycles. The second-order valence-electron chi connectivity index (χ2n) is 5.77. The Morgan fingerprint density at radius 1 is 1.14 bits per heavy atom. The van der Waals surface area contributed by atoms with Gasteiger partial charge in [-0.3, -0.25) is 0 Å². The van der Waals surface area contributed by atoms with Crippen LogP contribution in [0, 0.1) is 6.92 Å². The van der Waals surface area contributed by atoms with E-state index >= 15 is 0 Å². The van der Waals surface area contributed by atoms with E-state index in [-0.39, 0.29) is 23.9 Å². The Bertz CT molecular complexity index is 567. The highest BCUT2D eigenvalue weighted by atomic mass is 32.2. The van der Waals surface area contributed by atoms with E-state index < -0.39 is 21.4 Å². The molecule has 0 aromatic heterocycles. The molecule has 0 saturated carbocycles. The molecule has 0 N–H and O–H groups in total. The van der Waals surface area contributed by atoms with Gasteiger partial charge >= 0.3 is 5.97 Å². The van der Waals surface area contributed by atoms with Gasteiger partial charge in [-0.1, -0.05) is 17.7 Å². The molecule has 0 fully saturated rings. The largest absolute Gasteiger partial charge is 0.458 e. The Hall–Kier alpha value is -1.40. The Kier molecular flexibility index (Phi) is 5.92. The first-order chi connectivity index (χ1) is 9.60. The van der Waals surface area contributed by atoms with Crippen molar-refractivity contribution in [2.75, 3.05) is 19.0 Å². The molecule has 0 atom stereocenters. The molecule has 0 amide bonds. The summed E-state index contributed by atoms with van der Waals surface area (Å²) in [6, 6.07) is 6.62. The number of rotatable bonds is 6. The van der Waals surface area contributed by atoms with Crippen molar-refractivity contribution in [2.45, 2.75) is 38.2 Å². The minimum absolute atomic E-state index is 0.0462. The molecule has 0 spiro atoms. The van der Waals surface area contributed by atoms with Crippen LogP contribution in [0.4, 0.5) is 0 Å². The van der Waals surface area contributed by atoms with Gasteiger partial charge in [0.05, 0.1) is 17.3 Å². The molecular formula is C15H22O5S. The van der Waals surface area contributed by atoms with E-state index in [2.05, 4.69) is 0 Å². The molecule has 0 radical (unpaired) electrons. The second kappa shape index (κ2) is 7.04. The number of hydrogen-bond donors (Lipinski definition) is 0. The van der Waals surface area contributed by atoms with Crippen LogP contribution in [0.15, 0.2) is 29.2 Å². The van der Waals surface area contributed by atoms with Gasteiger partial charge in [0.2, 0.25) is 0 Å². The molecule has 5 nitrogen and oxygen atoms in total. The van der Waals surface area contributed by atoms with Crippen molar-refractivity contribution in [3.8, 4) is 0 Å². The first-order valence-electron chi connectivity index (χ1n) is 6.69. The number of carbonyl (C=O) groups is 1. The van der Waals surface area contributed by atoms with Crippen molar-refractivity contribution < 1.29 is 22.7 Å². The van der Waals surface area contributed by atoms with Gasteiger partial charge in [-0.2, -0.15) is 0 Å². The van der Waals surface area contributed by atoms with E-state index in [9.17, 15) is 13.2 Å². The summed E-state index contributed by atoms with van der Waals surface area (Å²) in [5.74, 6) is -0.672. The van der Waals surface area contributed by atoms with Crippen molar-refractivity contribution in [1.29, 1.82) is 0 Å². The number of esters is 1. The fraction of sp³-hybridized carbons (Fsp3) is 0.533. The highest BCUT2D eigenvalue weighted by Gasteiger charge is 2.17. The summed E-state index contributed by atoms with van der Waals surface area (Å²) in [5, 5.41) is 0. The van der Waals surface area contributed by atoms with Crippen LogP contribution < -0.4 is 0 Å². The fourth-order valence-electron chi connectivity index (χ4n) is 1.56. The van der Waals surface area contributed by atoms with Crippen LogP contribution in [0.1, 0.15) is 26.3 Å². The van der Waals surface area contributed by atoms with Crippen LogP contribution in [-0.4, -0.2) is 39.0 Å². The predicted molar refractivity (Wildman–Crippen MR) is 79.9 cm³/mol. The minimum atomic E-state index is -3.39. The van der Waals surface area contributed by atoms with Crippen LogP contribution in [-0.2, 0) is 24.1 Å².